The van der Waals surface area contributed by atoms with E-state index in [0.29, 0.717) is 5.92 Å². The summed E-state index contributed by atoms with van der Waals surface area (Å²) in [7, 11) is 0. The molecule has 0 aromatic rings. The molecule has 1 aliphatic heterocycles. The third-order valence-electron chi connectivity index (χ3n) is 5.69. The highest BCUT2D eigenvalue weighted by Gasteiger charge is 2.57. The molecule has 1 aliphatic carbocycles. The van der Waals surface area contributed by atoms with Crippen molar-refractivity contribution in [3.63, 3.8) is 0 Å². The molecule has 0 radical (unpaired) electrons. The van der Waals surface area contributed by atoms with Crippen molar-refractivity contribution in [2.45, 2.75) is 83.8 Å². The first kappa shape index (κ1) is 15.3. The van der Waals surface area contributed by atoms with Gasteiger partial charge in [0.25, 0.3) is 0 Å². The Morgan fingerprint density at radius 2 is 1.70 bits per heavy atom. The van der Waals surface area contributed by atoms with Crippen LogP contribution in [-0.4, -0.2) is 33.8 Å². The van der Waals surface area contributed by atoms with E-state index in [-0.39, 0.29) is 23.4 Å². The highest BCUT2D eigenvalue weighted by atomic mass is 16.2. The number of nitrogens with zero attached hydrogens (tertiary/aromatic N) is 1. The van der Waals surface area contributed by atoms with Crippen LogP contribution in [-0.2, 0) is 9.59 Å². The second kappa shape index (κ2) is 5.05. The molecular formula is C16H28N2O2. The van der Waals surface area contributed by atoms with Crippen LogP contribution in [0.5, 0.6) is 0 Å². The van der Waals surface area contributed by atoms with Gasteiger partial charge in [0, 0.05) is 5.54 Å². The molecule has 4 heteroatoms. The van der Waals surface area contributed by atoms with Gasteiger partial charge in [0.1, 0.15) is 11.6 Å². The van der Waals surface area contributed by atoms with Crippen molar-refractivity contribution in [3.8, 4) is 0 Å². The van der Waals surface area contributed by atoms with E-state index in [2.05, 4.69) is 26.1 Å². The van der Waals surface area contributed by atoms with Crippen molar-refractivity contribution >= 4 is 11.8 Å². The van der Waals surface area contributed by atoms with Gasteiger partial charge in [-0.05, 0) is 51.9 Å². The fourth-order valence-corrected chi connectivity index (χ4v) is 3.78. The van der Waals surface area contributed by atoms with Crippen molar-refractivity contribution in [2.75, 3.05) is 0 Å². The van der Waals surface area contributed by atoms with E-state index in [4.69, 9.17) is 0 Å². The lowest BCUT2D eigenvalue weighted by Gasteiger charge is -2.52. The normalized spacial score (nSPS) is 31.4. The molecule has 1 heterocycles. The van der Waals surface area contributed by atoms with Crippen LogP contribution < -0.4 is 5.32 Å². The maximum atomic E-state index is 13.1. The molecule has 114 valence electrons. The number of carbonyl (C=O) groups excluding carboxylic acids is 2. The Morgan fingerprint density at radius 1 is 1.20 bits per heavy atom. The molecule has 2 fully saturated rings. The van der Waals surface area contributed by atoms with Crippen LogP contribution in [0.4, 0.5) is 0 Å². The number of nitrogens with one attached hydrogen (secondary N) is 1. The molecule has 1 saturated carbocycles. The lowest BCUT2D eigenvalue weighted by Crippen LogP contribution is -2.73. The minimum Gasteiger partial charge on any atom is -0.340 e. The van der Waals surface area contributed by atoms with Gasteiger partial charge in [-0.2, -0.15) is 0 Å². The largest absolute Gasteiger partial charge is 0.340 e. The molecule has 1 N–H and O–H groups in total. The molecule has 4 nitrogen and oxygen atoms in total. The summed E-state index contributed by atoms with van der Waals surface area (Å²) in [5, 5.41) is 3.00. The Kier molecular flexibility index (Phi) is 3.87. The number of rotatable bonds is 5. The Morgan fingerprint density at radius 3 is 2.10 bits per heavy atom. The zero-order valence-electron chi connectivity index (χ0n) is 13.5. The van der Waals surface area contributed by atoms with E-state index >= 15 is 0 Å². The lowest BCUT2D eigenvalue weighted by atomic mass is 9.81. The predicted octanol–water partition coefficient (Wildman–Crippen LogP) is 2.47. The quantitative estimate of drug-likeness (QED) is 0.841. The monoisotopic (exact) mass is 280 g/mol. The molecule has 1 saturated heterocycles. The number of hydrogen-bond donors (Lipinski definition) is 1. The Labute approximate surface area is 122 Å². The van der Waals surface area contributed by atoms with Crippen molar-refractivity contribution in [2.24, 2.45) is 5.92 Å². The SMILES string of the molecule is CCC(CC)(CC)N1C(=O)C(C)(C2CC2)NC(=O)C1C. The topological polar surface area (TPSA) is 49.4 Å². The van der Waals surface area contributed by atoms with E-state index in [0.717, 1.165) is 32.1 Å². The molecule has 0 aromatic heterocycles. The van der Waals surface area contributed by atoms with Gasteiger partial charge >= 0.3 is 0 Å². The zero-order chi connectivity index (χ0) is 15.1. The van der Waals surface area contributed by atoms with Gasteiger partial charge in [0.2, 0.25) is 11.8 Å². The molecule has 2 aliphatic rings. The van der Waals surface area contributed by atoms with Crippen molar-refractivity contribution < 1.29 is 9.59 Å². The van der Waals surface area contributed by atoms with Crippen LogP contribution in [0.2, 0.25) is 0 Å². The highest BCUT2D eigenvalue weighted by molar-refractivity contribution is 6.00. The number of amides is 2. The zero-order valence-corrected chi connectivity index (χ0v) is 13.5. The Hall–Kier alpha value is -1.06. The summed E-state index contributed by atoms with van der Waals surface area (Å²) in [5.41, 5.74) is -0.876. The van der Waals surface area contributed by atoms with Gasteiger partial charge in [-0.25, -0.2) is 0 Å². The van der Waals surface area contributed by atoms with Crippen LogP contribution in [0, 0.1) is 5.92 Å². The van der Waals surface area contributed by atoms with Gasteiger partial charge in [-0.15, -0.1) is 0 Å². The maximum Gasteiger partial charge on any atom is 0.249 e. The maximum absolute atomic E-state index is 13.1. The second-order valence-electron chi connectivity index (χ2n) is 6.60. The number of piperazine rings is 1. The first-order chi connectivity index (χ1) is 9.36. The molecule has 0 spiro atoms. The van der Waals surface area contributed by atoms with Gasteiger partial charge in [-0.3, -0.25) is 9.59 Å². The van der Waals surface area contributed by atoms with E-state index in [1.54, 1.807) is 0 Å². The molecule has 20 heavy (non-hydrogen) atoms. The average Bonchev–Trinajstić information content (AvgIpc) is 3.27. The molecular weight excluding hydrogens is 252 g/mol. The average molecular weight is 280 g/mol. The molecule has 0 aromatic carbocycles. The van der Waals surface area contributed by atoms with E-state index in [9.17, 15) is 9.59 Å². The van der Waals surface area contributed by atoms with Crippen molar-refractivity contribution in [1.29, 1.82) is 0 Å². The fraction of sp³-hybridized carbons (Fsp3) is 0.875. The second-order valence-corrected chi connectivity index (χ2v) is 6.60. The minimum atomic E-state index is -0.686. The molecule has 2 unspecified atom stereocenters. The molecule has 2 rings (SSSR count). The van der Waals surface area contributed by atoms with Gasteiger partial charge in [-0.1, -0.05) is 20.8 Å². The summed E-state index contributed by atoms with van der Waals surface area (Å²) in [6, 6.07) is -0.367. The number of hydrogen-bond acceptors (Lipinski definition) is 2. The highest BCUT2D eigenvalue weighted by Crippen LogP contribution is 2.44. The summed E-state index contributed by atoms with van der Waals surface area (Å²) in [4.78, 5) is 27.4. The fourth-order valence-electron chi connectivity index (χ4n) is 3.78. The Balaban J connectivity index is 2.42. The van der Waals surface area contributed by atoms with Gasteiger partial charge in [0.05, 0.1) is 0 Å². The first-order valence-corrected chi connectivity index (χ1v) is 8.02. The summed E-state index contributed by atoms with van der Waals surface area (Å²) in [5.74, 6) is 0.439. The third kappa shape index (κ3) is 2.04. The molecule has 2 amide bonds. The summed E-state index contributed by atoms with van der Waals surface area (Å²) in [6.07, 6.45) is 4.77. The number of carbonyl (C=O) groups is 2. The summed E-state index contributed by atoms with van der Waals surface area (Å²) >= 11 is 0. The van der Waals surface area contributed by atoms with Crippen LogP contribution in [0.3, 0.4) is 0 Å². The third-order valence-corrected chi connectivity index (χ3v) is 5.69. The van der Waals surface area contributed by atoms with Crippen molar-refractivity contribution in [3.05, 3.63) is 0 Å². The summed E-state index contributed by atoms with van der Waals surface area (Å²) in [6.45, 7) is 10.1. The predicted molar refractivity (Wildman–Crippen MR) is 79.2 cm³/mol. The standard InChI is InChI=1S/C16H28N2O2/c1-6-16(7-2,8-3)18-11(4)13(19)17-15(5,14(18)20)12-9-10-12/h11-12H,6-10H2,1-5H3,(H,17,19). The molecule has 0 bridgehead atoms. The van der Waals surface area contributed by atoms with E-state index in [1.807, 2.05) is 18.7 Å². The van der Waals surface area contributed by atoms with Crippen LogP contribution in [0.25, 0.3) is 0 Å². The van der Waals surface area contributed by atoms with Crippen LogP contribution in [0.1, 0.15) is 66.7 Å². The van der Waals surface area contributed by atoms with Crippen molar-refractivity contribution in [1.82, 2.24) is 10.2 Å². The smallest absolute Gasteiger partial charge is 0.249 e. The van der Waals surface area contributed by atoms with E-state index in [1.165, 1.54) is 0 Å². The van der Waals surface area contributed by atoms with Gasteiger partial charge in [0.15, 0.2) is 0 Å². The lowest BCUT2D eigenvalue weighted by molar-refractivity contribution is -0.163. The molecule has 2 atom stereocenters. The Bertz CT molecular complexity index is 404. The minimum absolute atomic E-state index is 0.00118. The van der Waals surface area contributed by atoms with Gasteiger partial charge < -0.3 is 10.2 Å². The van der Waals surface area contributed by atoms with E-state index < -0.39 is 5.54 Å². The van der Waals surface area contributed by atoms with Crippen LogP contribution >= 0.6 is 0 Å². The first-order valence-electron chi connectivity index (χ1n) is 8.02. The van der Waals surface area contributed by atoms with Crippen LogP contribution in [0.15, 0.2) is 0 Å². The summed E-state index contributed by atoms with van der Waals surface area (Å²) < 4.78 is 0.